The zero-order chi connectivity index (χ0) is 14.0. The van der Waals surface area contributed by atoms with Crippen molar-refractivity contribution in [2.24, 2.45) is 0 Å². The van der Waals surface area contributed by atoms with Crippen molar-refractivity contribution in [3.63, 3.8) is 0 Å². The van der Waals surface area contributed by atoms with E-state index in [0.717, 1.165) is 21.2 Å². The molecule has 0 saturated carbocycles. The molecule has 0 aliphatic carbocycles. The van der Waals surface area contributed by atoms with Crippen LogP contribution in [0.4, 0.5) is 0 Å². The highest BCUT2D eigenvalue weighted by molar-refractivity contribution is 9.10. The van der Waals surface area contributed by atoms with Gasteiger partial charge in [-0.05, 0) is 36.1 Å². The standard InChI is InChI=1S/C17H17BrO/c1-11(2)13-5-7-14(8-6-13)17(19)16-10-15(18)9-4-12(16)3/h4-11H,1-3H3. The van der Waals surface area contributed by atoms with Crippen LogP contribution in [0.2, 0.25) is 0 Å². The molecule has 0 aliphatic rings. The van der Waals surface area contributed by atoms with Crippen molar-refractivity contribution in [2.75, 3.05) is 0 Å². The van der Waals surface area contributed by atoms with E-state index in [2.05, 4.69) is 29.8 Å². The molecule has 0 N–H and O–H groups in total. The molecule has 2 aromatic carbocycles. The van der Waals surface area contributed by atoms with Gasteiger partial charge in [0.25, 0.3) is 0 Å². The summed E-state index contributed by atoms with van der Waals surface area (Å²) in [6, 6.07) is 13.7. The van der Waals surface area contributed by atoms with Crippen LogP contribution < -0.4 is 0 Å². The molecule has 0 heterocycles. The lowest BCUT2D eigenvalue weighted by Crippen LogP contribution is -2.04. The molecule has 0 saturated heterocycles. The molecule has 0 amide bonds. The third kappa shape index (κ3) is 3.13. The minimum absolute atomic E-state index is 0.0779. The third-order valence-corrected chi connectivity index (χ3v) is 3.78. The summed E-state index contributed by atoms with van der Waals surface area (Å²) in [6.45, 7) is 6.26. The molecule has 0 fully saturated rings. The van der Waals surface area contributed by atoms with Crippen LogP contribution in [0.3, 0.4) is 0 Å². The lowest BCUT2D eigenvalue weighted by molar-refractivity contribution is 0.103. The van der Waals surface area contributed by atoms with E-state index in [0.29, 0.717) is 5.92 Å². The molecular weight excluding hydrogens is 300 g/mol. The Hall–Kier alpha value is -1.41. The van der Waals surface area contributed by atoms with E-state index in [-0.39, 0.29) is 5.78 Å². The number of halogens is 1. The Bertz CT molecular complexity index is 597. The number of ketones is 1. The number of carbonyl (C=O) groups is 1. The monoisotopic (exact) mass is 316 g/mol. The molecule has 0 unspecified atom stereocenters. The number of rotatable bonds is 3. The van der Waals surface area contributed by atoms with Crippen molar-refractivity contribution in [3.8, 4) is 0 Å². The van der Waals surface area contributed by atoms with Crippen LogP contribution in [-0.4, -0.2) is 5.78 Å². The van der Waals surface area contributed by atoms with Crippen LogP contribution in [0.5, 0.6) is 0 Å². The number of benzene rings is 2. The molecule has 0 radical (unpaired) electrons. The largest absolute Gasteiger partial charge is 0.289 e. The van der Waals surface area contributed by atoms with Crippen LogP contribution in [-0.2, 0) is 0 Å². The molecule has 0 atom stereocenters. The molecule has 2 heteroatoms. The van der Waals surface area contributed by atoms with Gasteiger partial charge in [-0.25, -0.2) is 0 Å². The lowest BCUT2D eigenvalue weighted by Gasteiger charge is -2.08. The number of hydrogen-bond acceptors (Lipinski definition) is 1. The third-order valence-electron chi connectivity index (χ3n) is 3.28. The zero-order valence-corrected chi connectivity index (χ0v) is 13.0. The fraction of sp³-hybridized carbons (Fsp3) is 0.235. The van der Waals surface area contributed by atoms with E-state index >= 15 is 0 Å². The SMILES string of the molecule is Cc1ccc(Br)cc1C(=O)c1ccc(C(C)C)cc1. The second-order valence-electron chi connectivity index (χ2n) is 5.07. The van der Waals surface area contributed by atoms with Gasteiger partial charge < -0.3 is 0 Å². The van der Waals surface area contributed by atoms with Crippen molar-refractivity contribution in [1.82, 2.24) is 0 Å². The summed E-state index contributed by atoms with van der Waals surface area (Å²) >= 11 is 3.42. The summed E-state index contributed by atoms with van der Waals surface area (Å²) in [7, 11) is 0. The Morgan fingerprint density at radius 3 is 2.26 bits per heavy atom. The van der Waals surface area contributed by atoms with Gasteiger partial charge in [0.2, 0.25) is 0 Å². The quantitative estimate of drug-likeness (QED) is 0.719. The highest BCUT2D eigenvalue weighted by atomic mass is 79.9. The topological polar surface area (TPSA) is 17.1 Å². The first-order chi connectivity index (χ1) is 8.99. The Labute approximate surface area is 122 Å². The zero-order valence-electron chi connectivity index (χ0n) is 11.4. The van der Waals surface area contributed by atoms with Gasteiger partial charge in [-0.1, -0.05) is 60.1 Å². The van der Waals surface area contributed by atoms with Crippen LogP contribution >= 0.6 is 15.9 Å². The fourth-order valence-electron chi connectivity index (χ4n) is 2.01. The Morgan fingerprint density at radius 1 is 1.05 bits per heavy atom. The van der Waals surface area contributed by atoms with E-state index in [1.165, 1.54) is 5.56 Å². The normalized spacial score (nSPS) is 10.8. The van der Waals surface area contributed by atoms with Crippen molar-refractivity contribution >= 4 is 21.7 Å². The number of hydrogen-bond donors (Lipinski definition) is 0. The molecule has 2 rings (SSSR count). The first kappa shape index (κ1) is 14.0. The summed E-state index contributed by atoms with van der Waals surface area (Å²) in [4.78, 5) is 12.5. The molecule has 1 nitrogen and oxygen atoms in total. The lowest BCUT2D eigenvalue weighted by atomic mass is 9.96. The minimum Gasteiger partial charge on any atom is -0.289 e. The molecule has 0 aliphatic heterocycles. The van der Waals surface area contributed by atoms with E-state index in [4.69, 9.17) is 0 Å². The number of aryl methyl sites for hydroxylation is 1. The van der Waals surface area contributed by atoms with Crippen molar-refractivity contribution in [3.05, 3.63) is 69.2 Å². The van der Waals surface area contributed by atoms with Crippen molar-refractivity contribution in [2.45, 2.75) is 26.7 Å². The second kappa shape index (κ2) is 5.70. The Morgan fingerprint density at radius 2 is 1.68 bits per heavy atom. The van der Waals surface area contributed by atoms with Crippen LogP contribution in [0.25, 0.3) is 0 Å². The Balaban J connectivity index is 2.36. The maximum atomic E-state index is 12.5. The van der Waals surface area contributed by atoms with Gasteiger partial charge in [0.15, 0.2) is 5.78 Å². The van der Waals surface area contributed by atoms with Gasteiger partial charge in [0.05, 0.1) is 0 Å². The van der Waals surface area contributed by atoms with Gasteiger partial charge >= 0.3 is 0 Å². The van der Waals surface area contributed by atoms with Gasteiger partial charge in [0.1, 0.15) is 0 Å². The predicted molar refractivity (Wildman–Crippen MR) is 82.8 cm³/mol. The highest BCUT2D eigenvalue weighted by Gasteiger charge is 2.12. The average Bonchev–Trinajstić information content (AvgIpc) is 2.41. The average molecular weight is 317 g/mol. The molecule has 0 spiro atoms. The number of carbonyl (C=O) groups excluding carboxylic acids is 1. The fourth-order valence-corrected chi connectivity index (χ4v) is 2.37. The van der Waals surface area contributed by atoms with E-state index in [1.807, 2.05) is 49.4 Å². The predicted octanol–water partition coefficient (Wildman–Crippen LogP) is 5.11. The van der Waals surface area contributed by atoms with Crippen LogP contribution in [0, 0.1) is 6.92 Å². The first-order valence-corrected chi connectivity index (χ1v) is 7.19. The van der Waals surface area contributed by atoms with Gasteiger partial charge in [-0.3, -0.25) is 4.79 Å². The smallest absolute Gasteiger partial charge is 0.193 e. The van der Waals surface area contributed by atoms with Crippen molar-refractivity contribution < 1.29 is 4.79 Å². The highest BCUT2D eigenvalue weighted by Crippen LogP contribution is 2.21. The summed E-state index contributed by atoms with van der Waals surface area (Å²) in [5.41, 5.74) is 3.75. The maximum Gasteiger partial charge on any atom is 0.193 e. The molecule has 0 bridgehead atoms. The summed E-state index contributed by atoms with van der Waals surface area (Å²) < 4.78 is 0.931. The molecule has 2 aromatic rings. The van der Waals surface area contributed by atoms with Gasteiger partial charge in [0, 0.05) is 15.6 Å². The summed E-state index contributed by atoms with van der Waals surface area (Å²) in [5.74, 6) is 0.561. The van der Waals surface area contributed by atoms with Gasteiger partial charge in [-0.2, -0.15) is 0 Å². The van der Waals surface area contributed by atoms with Crippen LogP contribution in [0.15, 0.2) is 46.9 Å². The van der Waals surface area contributed by atoms with Crippen molar-refractivity contribution in [1.29, 1.82) is 0 Å². The minimum atomic E-state index is 0.0779. The summed E-state index contributed by atoms with van der Waals surface area (Å²) in [5, 5.41) is 0. The van der Waals surface area contributed by atoms with E-state index in [1.54, 1.807) is 0 Å². The second-order valence-corrected chi connectivity index (χ2v) is 5.98. The Kier molecular flexibility index (Phi) is 4.20. The maximum absolute atomic E-state index is 12.5. The van der Waals surface area contributed by atoms with Crippen LogP contribution in [0.1, 0.15) is 46.8 Å². The van der Waals surface area contributed by atoms with E-state index in [9.17, 15) is 4.79 Å². The first-order valence-electron chi connectivity index (χ1n) is 6.40. The molecule has 19 heavy (non-hydrogen) atoms. The molecule has 0 aromatic heterocycles. The summed E-state index contributed by atoms with van der Waals surface area (Å²) in [6.07, 6.45) is 0. The molecular formula is C17H17BrO. The van der Waals surface area contributed by atoms with Gasteiger partial charge in [-0.15, -0.1) is 0 Å². The van der Waals surface area contributed by atoms with E-state index < -0.39 is 0 Å². The molecule has 98 valence electrons.